The summed E-state index contributed by atoms with van der Waals surface area (Å²) in [6, 6.07) is 17.8. The van der Waals surface area contributed by atoms with Crippen LogP contribution in [0.1, 0.15) is 27.2 Å². The van der Waals surface area contributed by atoms with Crippen LogP contribution in [0.25, 0.3) is 0 Å². The average Bonchev–Trinajstić information content (AvgIpc) is 2.67. The number of carbonyl (C=O) groups is 1. The van der Waals surface area contributed by atoms with Gasteiger partial charge in [0.2, 0.25) is 0 Å². The van der Waals surface area contributed by atoms with E-state index < -0.39 is 0 Å². The van der Waals surface area contributed by atoms with E-state index in [4.69, 9.17) is 0 Å². The van der Waals surface area contributed by atoms with Crippen LogP contribution in [-0.4, -0.2) is 27.3 Å². The van der Waals surface area contributed by atoms with Gasteiger partial charge in [-0.3, -0.25) is 14.8 Å². The van der Waals surface area contributed by atoms with Crippen molar-refractivity contribution < 1.29 is 4.79 Å². The van der Waals surface area contributed by atoms with Crippen molar-refractivity contribution in [2.75, 3.05) is 6.54 Å². The van der Waals surface area contributed by atoms with Crippen LogP contribution < -0.4 is 0 Å². The first-order valence-corrected chi connectivity index (χ1v) is 8.37. The molecule has 0 atom stereocenters. The molecule has 0 aliphatic rings. The van der Waals surface area contributed by atoms with Crippen molar-refractivity contribution in [2.45, 2.75) is 19.9 Å². The topological polar surface area (TPSA) is 46.1 Å². The average molecular weight is 331 g/mol. The van der Waals surface area contributed by atoms with Crippen molar-refractivity contribution in [1.82, 2.24) is 14.9 Å². The van der Waals surface area contributed by atoms with E-state index in [1.807, 2.05) is 54.3 Å². The summed E-state index contributed by atoms with van der Waals surface area (Å²) in [4.78, 5) is 23.1. The largest absolute Gasteiger partial charge is 0.334 e. The summed E-state index contributed by atoms with van der Waals surface area (Å²) >= 11 is 0. The molecule has 4 heteroatoms. The molecule has 0 aliphatic heterocycles. The molecule has 2 aromatic heterocycles. The molecule has 4 nitrogen and oxygen atoms in total. The van der Waals surface area contributed by atoms with E-state index in [1.165, 1.54) is 5.56 Å². The molecule has 0 N–H and O–H groups in total. The van der Waals surface area contributed by atoms with Crippen molar-refractivity contribution in [1.29, 1.82) is 0 Å². The highest BCUT2D eigenvalue weighted by atomic mass is 16.2. The number of aromatic nitrogens is 2. The predicted octanol–water partition coefficient (Wildman–Crippen LogP) is 3.67. The molecule has 0 spiro atoms. The minimum absolute atomic E-state index is 0.000225. The third-order valence-corrected chi connectivity index (χ3v) is 4.08. The minimum Gasteiger partial charge on any atom is -0.334 e. The van der Waals surface area contributed by atoms with E-state index in [0.29, 0.717) is 18.7 Å². The molecule has 126 valence electrons. The van der Waals surface area contributed by atoms with E-state index in [9.17, 15) is 4.79 Å². The van der Waals surface area contributed by atoms with Gasteiger partial charge in [0.15, 0.2) is 0 Å². The van der Waals surface area contributed by atoms with Crippen LogP contribution in [0, 0.1) is 6.92 Å². The van der Waals surface area contributed by atoms with Crippen molar-refractivity contribution >= 4 is 5.91 Å². The molecule has 0 aliphatic carbocycles. The van der Waals surface area contributed by atoms with Crippen molar-refractivity contribution in [3.05, 3.63) is 95.6 Å². The summed E-state index contributed by atoms with van der Waals surface area (Å²) in [5, 5.41) is 0. The fourth-order valence-electron chi connectivity index (χ4n) is 2.65. The Hall–Kier alpha value is -3.01. The van der Waals surface area contributed by atoms with Gasteiger partial charge in [0.25, 0.3) is 5.91 Å². The molecule has 1 amide bonds. The van der Waals surface area contributed by atoms with Crippen LogP contribution in [0.15, 0.2) is 73.2 Å². The zero-order chi connectivity index (χ0) is 17.5. The Bertz CT molecular complexity index is 802. The third-order valence-electron chi connectivity index (χ3n) is 4.08. The number of pyridine rings is 2. The molecule has 25 heavy (non-hydrogen) atoms. The zero-order valence-electron chi connectivity index (χ0n) is 14.3. The number of hydrogen-bond donors (Lipinski definition) is 0. The number of carbonyl (C=O) groups excluding carboxylic acids is 1. The van der Waals surface area contributed by atoms with Gasteiger partial charge in [0.1, 0.15) is 0 Å². The van der Waals surface area contributed by atoms with Gasteiger partial charge < -0.3 is 4.90 Å². The van der Waals surface area contributed by atoms with Crippen molar-refractivity contribution in [2.24, 2.45) is 0 Å². The SMILES string of the molecule is Cc1ccc(C(=O)N(CCc2ccccc2)Cc2ccncc2)cn1. The second kappa shape index (κ2) is 8.20. The van der Waals surface area contributed by atoms with Crippen LogP contribution in [0.3, 0.4) is 0 Å². The zero-order valence-corrected chi connectivity index (χ0v) is 14.3. The fraction of sp³-hybridized carbons (Fsp3) is 0.190. The molecular weight excluding hydrogens is 310 g/mol. The highest BCUT2D eigenvalue weighted by Gasteiger charge is 2.16. The van der Waals surface area contributed by atoms with E-state index in [0.717, 1.165) is 17.7 Å². The Labute approximate surface area is 148 Å². The smallest absolute Gasteiger partial charge is 0.255 e. The molecule has 3 aromatic rings. The Morgan fingerprint density at radius 2 is 1.72 bits per heavy atom. The van der Waals surface area contributed by atoms with E-state index in [1.54, 1.807) is 18.6 Å². The quantitative estimate of drug-likeness (QED) is 0.692. The van der Waals surface area contributed by atoms with E-state index >= 15 is 0 Å². The number of rotatable bonds is 6. The first-order chi connectivity index (χ1) is 12.2. The maximum atomic E-state index is 13.0. The Morgan fingerprint density at radius 3 is 2.40 bits per heavy atom. The second-order valence-electron chi connectivity index (χ2n) is 6.01. The van der Waals surface area contributed by atoms with Gasteiger partial charge in [-0.25, -0.2) is 0 Å². The lowest BCUT2D eigenvalue weighted by Crippen LogP contribution is -2.32. The standard InChI is InChI=1S/C21H21N3O/c1-17-7-8-20(15-23-17)21(25)24(16-19-9-12-22-13-10-19)14-11-18-5-3-2-4-6-18/h2-10,12-13,15H,11,14,16H2,1H3. The van der Waals surface area contributed by atoms with Gasteiger partial charge in [-0.05, 0) is 48.7 Å². The molecule has 0 radical (unpaired) electrons. The summed E-state index contributed by atoms with van der Waals surface area (Å²) in [5.74, 6) is 0.000225. The predicted molar refractivity (Wildman–Crippen MR) is 98.1 cm³/mol. The lowest BCUT2D eigenvalue weighted by Gasteiger charge is -2.23. The Morgan fingerprint density at radius 1 is 0.960 bits per heavy atom. The van der Waals surface area contributed by atoms with Gasteiger partial charge in [0.05, 0.1) is 5.56 Å². The number of hydrogen-bond acceptors (Lipinski definition) is 3. The molecule has 3 rings (SSSR count). The Kier molecular flexibility index (Phi) is 5.52. The van der Waals surface area contributed by atoms with Crippen LogP contribution in [0.5, 0.6) is 0 Å². The van der Waals surface area contributed by atoms with Crippen LogP contribution >= 0.6 is 0 Å². The van der Waals surface area contributed by atoms with Gasteiger partial charge in [-0.2, -0.15) is 0 Å². The number of benzene rings is 1. The summed E-state index contributed by atoms with van der Waals surface area (Å²) in [6.45, 7) is 3.12. The molecule has 0 saturated carbocycles. The summed E-state index contributed by atoms with van der Waals surface area (Å²) < 4.78 is 0. The highest BCUT2D eigenvalue weighted by Crippen LogP contribution is 2.11. The maximum Gasteiger partial charge on any atom is 0.255 e. The first-order valence-electron chi connectivity index (χ1n) is 8.37. The van der Waals surface area contributed by atoms with Crippen LogP contribution in [0.2, 0.25) is 0 Å². The van der Waals surface area contributed by atoms with Crippen LogP contribution in [0.4, 0.5) is 0 Å². The number of aryl methyl sites for hydroxylation is 1. The number of amides is 1. The Balaban J connectivity index is 1.77. The van der Waals surface area contributed by atoms with Gasteiger partial charge in [-0.15, -0.1) is 0 Å². The molecular formula is C21H21N3O. The molecule has 1 aromatic carbocycles. The molecule has 0 bridgehead atoms. The van der Waals surface area contributed by atoms with E-state index in [-0.39, 0.29) is 5.91 Å². The van der Waals surface area contributed by atoms with Crippen molar-refractivity contribution in [3.8, 4) is 0 Å². The minimum atomic E-state index is 0.000225. The fourth-order valence-corrected chi connectivity index (χ4v) is 2.65. The van der Waals surface area contributed by atoms with Gasteiger partial charge in [0, 0.05) is 37.4 Å². The lowest BCUT2D eigenvalue weighted by atomic mass is 10.1. The number of nitrogens with zero attached hydrogens (tertiary/aromatic N) is 3. The van der Waals surface area contributed by atoms with Crippen LogP contribution in [-0.2, 0) is 13.0 Å². The normalized spacial score (nSPS) is 10.4. The monoisotopic (exact) mass is 331 g/mol. The van der Waals surface area contributed by atoms with E-state index in [2.05, 4.69) is 22.1 Å². The molecule has 0 fully saturated rings. The maximum absolute atomic E-state index is 13.0. The molecule has 2 heterocycles. The first kappa shape index (κ1) is 16.8. The van der Waals surface area contributed by atoms with Gasteiger partial charge in [-0.1, -0.05) is 30.3 Å². The molecule has 0 unspecified atom stereocenters. The second-order valence-corrected chi connectivity index (χ2v) is 6.01. The summed E-state index contributed by atoms with van der Waals surface area (Å²) in [6.07, 6.45) is 5.97. The summed E-state index contributed by atoms with van der Waals surface area (Å²) in [7, 11) is 0. The van der Waals surface area contributed by atoms with Crippen molar-refractivity contribution in [3.63, 3.8) is 0 Å². The summed E-state index contributed by atoms with van der Waals surface area (Å²) in [5.41, 5.74) is 3.81. The lowest BCUT2D eigenvalue weighted by molar-refractivity contribution is 0.0744. The third kappa shape index (κ3) is 4.73. The molecule has 0 saturated heterocycles. The highest BCUT2D eigenvalue weighted by molar-refractivity contribution is 5.93. The van der Waals surface area contributed by atoms with Gasteiger partial charge >= 0.3 is 0 Å².